The van der Waals surface area contributed by atoms with Crippen molar-refractivity contribution in [2.75, 3.05) is 26.9 Å². The molecule has 0 saturated heterocycles. The second kappa shape index (κ2) is 10.6. The molecule has 0 aliphatic heterocycles. The van der Waals surface area contributed by atoms with Gasteiger partial charge in [-0.2, -0.15) is 0 Å². The molecule has 0 radical (unpaired) electrons. The Kier molecular flexibility index (Phi) is 9.20. The lowest BCUT2D eigenvalue weighted by Crippen LogP contribution is -2.38. The highest BCUT2D eigenvalue weighted by atomic mass is 35.5. The highest BCUT2D eigenvalue weighted by Crippen LogP contribution is 2.27. The van der Waals surface area contributed by atoms with Gasteiger partial charge in [0.1, 0.15) is 5.75 Å². The van der Waals surface area contributed by atoms with Crippen molar-refractivity contribution in [2.24, 2.45) is 0 Å². The molecule has 142 valence electrons. The summed E-state index contributed by atoms with van der Waals surface area (Å²) in [5.41, 5.74) is 0. The van der Waals surface area contributed by atoms with Crippen LogP contribution in [-0.4, -0.2) is 47.2 Å². The van der Waals surface area contributed by atoms with Crippen LogP contribution in [0.5, 0.6) is 5.75 Å². The number of amides is 1. The van der Waals surface area contributed by atoms with Gasteiger partial charge in [0.05, 0.1) is 16.5 Å². The predicted molar refractivity (Wildman–Crippen MR) is 96.5 cm³/mol. The third-order valence-electron chi connectivity index (χ3n) is 3.22. The summed E-state index contributed by atoms with van der Waals surface area (Å²) in [4.78, 5) is 11.8. The minimum absolute atomic E-state index is 0.0547. The van der Waals surface area contributed by atoms with Gasteiger partial charge in [-0.1, -0.05) is 24.9 Å². The van der Waals surface area contributed by atoms with Gasteiger partial charge in [-0.3, -0.25) is 4.79 Å². The van der Waals surface area contributed by atoms with Gasteiger partial charge < -0.3 is 14.8 Å². The number of unbranched alkanes of at least 4 members (excludes halogenated alkanes) is 1. The maximum atomic E-state index is 12.1. The number of carbonyl (C=O) groups is 1. The molecular formula is C16H25ClN2O5S. The monoisotopic (exact) mass is 392 g/mol. The Morgan fingerprint density at radius 2 is 2.08 bits per heavy atom. The number of benzene rings is 1. The van der Waals surface area contributed by atoms with E-state index in [1.807, 2.05) is 6.92 Å². The van der Waals surface area contributed by atoms with Gasteiger partial charge in [0, 0.05) is 19.7 Å². The number of methoxy groups -OCH3 is 1. The zero-order chi connectivity index (χ0) is 18.9. The van der Waals surface area contributed by atoms with Crippen molar-refractivity contribution < 1.29 is 22.7 Å². The fourth-order valence-electron chi connectivity index (χ4n) is 1.98. The first-order valence-electron chi connectivity index (χ1n) is 8.00. The molecule has 0 bridgehead atoms. The minimum Gasteiger partial charge on any atom is -0.482 e. The van der Waals surface area contributed by atoms with E-state index in [-0.39, 0.29) is 34.2 Å². The minimum atomic E-state index is -3.61. The van der Waals surface area contributed by atoms with Gasteiger partial charge >= 0.3 is 0 Å². The molecule has 0 fully saturated rings. The summed E-state index contributed by atoms with van der Waals surface area (Å²) in [7, 11) is -2.06. The summed E-state index contributed by atoms with van der Waals surface area (Å²) in [6.07, 6.45) is 1.64. The topological polar surface area (TPSA) is 93.7 Å². The highest BCUT2D eigenvalue weighted by Gasteiger charge is 2.16. The maximum Gasteiger partial charge on any atom is 0.258 e. The molecule has 0 unspecified atom stereocenters. The highest BCUT2D eigenvalue weighted by molar-refractivity contribution is 7.89. The zero-order valence-electron chi connectivity index (χ0n) is 14.7. The SMILES string of the molecule is CCCCNS(=O)(=O)c1ccc(OCC(=O)N[C@H](C)COC)c(Cl)c1. The van der Waals surface area contributed by atoms with Crippen LogP contribution < -0.4 is 14.8 Å². The van der Waals surface area contributed by atoms with E-state index in [1.165, 1.54) is 18.2 Å². The second-order valence-corrected chi connectivity index (χ2v) is 7.73. The van der Waals surface area contributed by atoms with Gasteiger partial charge in [-0.05, 0) is 31.5 Å². The van der Waals surface area contributed by atoms with Crippen LogP contribution in [0.1, 0.15) is 26.7 Å². The summed E-state index contributed by atoms with van der Waals surface area (Å²) in [5, 5.41) is 2.82. The van der Waals surface area contributed by atoms with Gasteiger partial charge in [0.25, 0.3) is 5.91 Å². The molecule has 7 nitrogen and oxygen atoms in total. The lowest BCUT2D eigenvalue weighted by molar-refractivity contribution is -0.124. The first-order valence-corrected chi connectivity index (χ1v) is 9.86. The van der Waals surface area contributed by atoms with E-state index >= 15 is 0 Å². The Morgan fingerprint density at radius 1 is 1.36 bits per heavy atom. The summed E-state index contributed by atoms with van der Waals surface area (Å²) in [6.45, 7) is 4.32. The number of nitrogens with one attached hydrogen (secondary N) is 2. The number of sulfonamides is 1. The van der Waals surface area contributed by atoms with E-state index in [1.54, 1.807) is 14.0 Å². The molecule has 9 heteroatoms. The molecule has 2 N–H and O–H groups in total. The molecule has 1 rings (SSSR count). The first kappa shape index (κ1) is 21.7. The van der Waals surface area contributed by atoms with Crippen molar-refractivity contribution in [3.05, 3.63) is 23.2 Å². The van der Waals surface area contributed by atoms with E-state index in [2.05, 4.69) is 10.0 Å². The normalized spacial score (nSPS) is 12.6. The van der Waals surface area contributed by atoms with Crippen LogP contribution in [0.2, 0.25) is 5.02 Å². The quantitative estimate of drug-likeness (QED) is 0.561. The maximum absolute atomic E-state index is 12.1. The average Bonchev–Trinajstić information content (AvgIpc) is 2.54. The molecule has 0 aliphatic rings. The average molecular weight is 393 g/mol. The van der Waals surface area contributed by atoms with Gasteiger partial charge in [0.2, 0.25) is 10.0 Å². The Labute approximate surface area is 154 Å². The third kappa shape index (κ3) is 7.60. The number of carbonyl (C=O) groups excluding carboxylic acids is 1. The molecule has 0 saturated carbocycles. The van der Waals surface area contributed by atoms with Crippen molar-refractivity contribution in [1.29, 1.82) is 0 Å². The van der Waals surface area contributed by atoms with E-state index in [0.717, 1.165) is 12.8 Å². The van der Waals surface area contributed by atoms with Crippen LogP contribution in [0, 0.1) is 0 Å². The van der Waals surface area contributed by atoms with E-state index < -0.39 is 10.0 Å². The summed E-state index contributed by atoms with van der Waals surface area (Å²) >= 11 is 6.07. The fourth-order valence-corrected chi connectivity index (χ4v) is 3.38. The number of ether oxygens (including phenoxy) is 2. The van der Waals surface area contributed by atoms with E-state index in [4.69, 9.17) is 21.1 Å². The molecule has 1 amide bonds. The molecular weight excluding hydrogens is 368 g/mol. The fraction of sp³-hybridized carbons (Fsp3) is 0.562. The summed E-state index contributed by atoms with van der Waals surface area (Å²) in [6, 6.07) is 3.98. The van der Waals surface area contributed by atoms with Crippen LogP contribution in [-0.2, 0) is 19.6 Å². The Bertz CT molecular complexity index is 666. The molecule has 0 heterocycles. The molecule has 0 aromatic heterocycles. The molecule has 1 atom stereocenters. The van der Waals surface area contributed by atoms with Crippen molar-refractivity contribution in [1.82, 2.24) is 10.0 Å². The van der Waals surface area contributed by atoms with Gasteiger partial charge in [-0.15, -0.1) is 0 Å². The van der Waals surface area contributed by atoms with Crippen LogP contribution in [0.25, 0.3) is 0 Å². The number of halogens is 1. The van der Waals surface area contributed by atoms with Crippen LogP contribution in [0.4, 0.5) is 0 Å². The lowest BCUT2D eigenvalue weighted by atomic mass is 10.3. The number of hydrogen-bond donors (Lipinski definition) is 2. The summed E-state index contributed by atoms with van der Waals surface area (Å²) < 4.78 is 37.0. The Morgan fingerprint density at radius 3 is 2.68 bits per heavy atom. The molecule has 0 spiro atoms. The smallest absolute Gasteiger partial charge is 0.258 e. The summed E-state index contributed by atoms with van der Waals surface area (Å²) in [5.74, 6) is -0.0812. The molecule has 25 heavy (non-hydrogen) atoms. The van der Waals surface area contributed by atoms with Gasteiger partial charge in [0.15, 0.2) is 6.61 Å². The van der Waals surface area contributed by atoms with Gasteiger partial charge in [-0.25, -0.2) is 13.1 Å². The van der Waals surface area contributed by atoms with E-state index in [0.29, 0.717) is 13.2 Å². The molecule has 1 aromatic carbocycles. The lowest BCUT2D eigenvalue weighted by Gasteiger charge is -2.14. The standard InChI is InChI=1S/C16H25ClN2O5S/c1-4-5-8-18-25(21,22)13-6-7-15(14(17)9-13)24-11-16(20)19-12(2)10-23-3/h6-7,9,12,18H,4-5,8,10-11H2,1-3H3,(H,19,20)/t12-/m1/s1. The van der Waals surface area contributed by atoms with Crippen LogP contribution >= 0.6 is 11.6 Å². The van der Waals surface area contributed by atoms with Crippen molar-refractivity contribution in [2.45, 2.75) is 37.6 Å². The van der Waals surface area contributed by atoms with Crippen LogP contribution in [0.3, 0.4) is 0 Å². The van der Waals surface area contributed by atoms with Crippen molar-refractivity contribution >= 4 is 27.5 Å². The zero-order valence-corrected chi connectivity index (χ0v) is 16.2. The Hall–Kier alpha value is -1.35. The number of rotatable bonds is 11. The first-order chi connectivity index (χ1) is 11.8. The predicted octanol–water partition coefficient (Wildman–Crippen LogP) is 1.95. The Balaban J connectivity index is 2.65. The number of hydrogen-bond acceptors (Lipinski definition) is 5. The largest absolute Gasteiger partial charge is 0.482 e. The third-order valence-corrected chi connectivity index (χ3v) is 4.97. The van der Waals surface area contributed by atoms with Crippen molar-refractivity contribution in [3.63, 3.8) is 0 Å². The molecule has 1 aromatic rings. The van der Waals surface area contributed by atoms with E-state index in [9.17, 15) is 13.2 Å². The van der Waals surface area contributed by atoms with Crippen LogP contribution in [0.15, 0.2) is 23.1 Å². The van der Waals surface area contributed by atoms with Crippen molar-refractivity contribution in [3.8, 4) is 5.75 Å². The second-order valence-electron chi connectivity index (χ2n) is 5.56. The molecule has 0 aliphatic carbocycles.